The molecule has 39 heavy (non-hydrogen) atoms. The Morgan fingerprint density at radius 3 is 2.92 bits per heavy atom. The van der Waals surface area contributed by atoms with Crippen molar-refractivity contribution >= 4 is 39.5 Å². The van der Waals surface area contributed by atoms with Gasteiger partial charge in [-0.3, -0.25) is 9.78 Å². The van der Waals surface area contributed by atoms with Crippen LogP contribution in [0.15, 0.2) is 48.8 Å². The molecular formula is C28H28ClFN8O. The lowest BCUT2D eigenvalue weighted by molar-refractivity contribution is 0.184. The third-order valence-electron chi connectivity index (χ3n) is 8.57. The summed E-state index contributed by atoms with van der Waals surface area (Å²) in [6.45, 7) is 3.21. The molecule has 3 atom stereocenters. The number of nitrogens with one attached hydrogen (secondary N) is 1. The van der Waals surface area contributed by atoms with Crippen molar-refractivity contribution < 1.29 is 9.13 Å². The molecule has 9 nitrogen and oxygen atoms in total. The first-order chi connectivity index (χ1) is 19.0. The fourth-order valence-electron chi connectivity index (χ4n) is 6.56. The highest BCUT2D eigenvalue weighted by Crippen LogP contribution is 2.63. The molecule has 2 fully saturated rings. The molecule has 1 aliphatic heterocycles. The minimum atomic E-state index is -0.314. The number of hydrogen-bond donors (Lipinski definition) is 2. The van der Waals surface area contributed by atoms with E-state index in [1.165, 1.54) is 6.07 Å². The summed E-state index contributed by atoms with van der Waals surface area (Å²) < 4.78 is 21.7. The van der Waals surface area contributed by atoms with E-state index in [1.807, 2.05) is 35.1 Å². The molecule has 0 amide bonds. The number of nitrogens with two attached hydrogens (primary N) is 1. The Labute approximate surface area is 229 Å². The fourth-order valence-corrected chi connectivity index (χ4v) is 6.86. The molecule has 11 heteroatoms. The fraction of sp³-hybridized carbons (Fsp3) is 0.357. The number of methoxy groups -OCH3 is 1. The van der Waals surface area contributed by atoms with Crippen molar-refractivity contribution in [3.8, 4) is 11.3 Å². The summed E-state index contributed by atoms with van der Waals surface area (Å²) in [4.78, 5) is 11.8. The van der Waals surface area contributed by atoms with Gasteiger partial charge in [0.25, 0.3) is 0 Å². The minimum Gasteiger partial charge on any atom is -0.383 e. The summed E-state index contributed by atoms with van der Waals surface area (Å²) in [5, 5.41) is 13.5. The second-order valence-corrected chi connectivity index (χ2v) is 10.8. The molecule has 200 valence electrons. The second-order valence-electron chi connectivity index (χ2n) is 10.4. The van der Waals surface area contributed by atoms with Crippen LogP contribution in [0.1, 0.15) is 12.0 Å². The number of nitrogens with zero attached hydrogens (tertiary/aromatic N) is 6. The van der Waals surface area contributed by atoms with Crippen molar-refractivity contribution in [2.45, 2.75) is 18.4 Å². The number of ether oxygens (including phenoxy) is 1. The molecule has 1 saturated heterocycles. The highest BCUT2D eigenvalue weighted by Gasteiger charge is 2.66. The van der Waals surface area contributed by atoms with E-state index in [2.05, 4.69) is 20.2 Å². The first kappa shape index (κ1) is 24.4. The molecule has 0 radical (unpaired) electrons. The van der Waals surface area contributed by atoms with Gasteiger partial charge in [0, 0.05) is 49.3 Å². The van der Waals surface area contributed by atoms with Gasteiger partial charge in [-0.05, 0) is 42.0 Å². The van der Waals surface area contributed by atoms with Gasteiger partial charge in [-0.25, -0.2) is 14.4 Å². The molecule has 1 aliphatic carbocycles. The van der Waals surface area contributed by atoms with Crippen molar-refractivity contribution in [1.29, 1.82) is 0 Å². The van der Waals surface area contributed by atoms with Gasteiger partial charge in [-0.15, -0.1) is 0 Å². The van der Waals surface area contributed by atoms with E-state index in [9.17, 15) is 4.39 Å². The quantitative estimate of drug-likeness (QED) is 0.315. The zero-order valence-electron chi connectivity index (χ0n) is 21.4. The second kappa shape index (κ2) is 9.25. The number of aromatic nitrogens is 6. The van der Waals surface area contributed by atoms with Crippen LogP contribution in [0.4, 0.5) is 10.2 Å². The first-order valence-electron chi connectivity index (χ1n) is 13.1. The van der Waals surface area contributed by atoms with Crippen LogP contribution in [0, 0.1) is 17.7 Å². The lowest BCUT2D eigenvalue weighted by Gasteiger charge is -2.26. The number of rotatable bonds is 7. The van der Waals surface area contributed by atoms with Crippen LogP contribution in [0.25, 0.3) is 33.3 Å². The van der Waals surface area contributed by atoms with Gasteiger partial charge in [0.2, 0.25) is 0 Å². The average molecular weight is 547 g/mol. The van der Waals surface area contributed by atoms with Gasteiger partial charge >= 0.3 is 0 Å². The third kappa shape index (κ3) is 3.73. The summed E-state index contributed by atoms with van der Waals surface area (Å²) in [6, 6.07) is 10.9. The van der Waals surface area contributed by atoms with E-state index in [4.69, 9.17) is 32.0 Å². The molecule has 0 spiro atoms. The molecule has 3 N–H and O–H groups in total. The van der Waals surface area contributed by atoms with Crippen molar-refractivity contribution in [2.75, 3.05) is 38.3 Å². The van der Waals surface area contributed by atoms with Crippen LogP contribution in [-0.2, 0) is 16.7 Å². The zero-order chi connectivity index (χ0) is 26.7. The van der Waals surface area contributed by atoms with Gasteiger partial charge in [0.15, 0.2) is 5.65 Å². The molecule has 0 bridgehead atoms. The Hall–Kier alpha value is -3.60. The van der Waals surface area contributed by atoms with E-state index in [1.54, 1.807) is 19.4 Å². The largest absolute Gasteiger partial charge is 0.383 e. The van der Waals surface area contributed by atoms with E-state index in [0.29, 0.717) is 47.5 Å². The number of aromatic amines is 1. The predicted octanol–water partition coefficient (Wildman–Crippen LogP) is 4.16. The van der Waals surface area contributed by atoms with Gasteiger partial charge in [-0.2, -0.15) is 10.2 Å². The number of halogens is 2. The van der Waals surface area contributed by atoms with E-state index in [-0.39, 0.29) is 17.2 Å². The molecule has 0 unspecified atom stereocenters. The molecule has 3 aromatic heterocycles. The van der Waals surface area contributed by atoms with Gasteiger partial charge < -0.3 is 15.4 Å². The number of benzene rings is 2. The predicted molar refractivity (Wildman–Crippen MR) is 148 cm³/mol. The van der Waals surface area contributed by atoms with Crippen molar-refractivity contribution in [2.24, 2.45) is 17.6 Å². The lowest BCUT2D eigenvalue weighted by atomic mass is 9.91. The Morgan fingerprint density at radius 2 is 2.10 bits per heavy atom. The highest BCUT2D eigenvalue weighted by atomic mass is 35.5. The Kier molecular flexibility index (Phi) is 5.80. The van der Waals surface area contributed by atoms with Crippen molar-refractivity contribution in [1.82, 2.24) is 29.9 Å². The van der Waals surface area contributed by atoms with E-state index >= 15 is 0 Å². The SMILES string of the molecule is COCCn1cc2c(Cl)c(-c3n[nH]c4nc(N5CC[C@@H]6[C@H](C5)[C@@]6(CN)c5ccccc5F)cnc34)ccc2n1. The van der Waals surface area contributed by atoms with Gasteiger partial charge in [-0.1, -0.05) is 29.8 Å². The summed E-state index contributed by atoms with van der Waals surface area (Å²) in [5.41, 5.74) is 10.1. The summed E-state index contributed by atoms with van der Waals surface area (Å²) in [5.74, 6) is 1.25. The normalized spacial score (nSPS) is 22.5. The van der Waals surface area contributed by atoms with Crippen LogP contribution in [-0.4, -0.2) is 63.3 Å². The number of fused-ring (bicyclic) bond motifs is 3. The monoisotopic (exact) mass is 546 g/mol. The Balaban J connectivity index is 1.17. The van der Waals surface area contributed by atoms with Crippen LogP contribution in [0.2, 0.25) is 5.02 Å². The highest BCUT2D eigenvalue weighted by molar-refractivity contribution is 6.38. The number of H-pyrrole nitrogens is 1. The number of anilines is 1. The van der Waals surface area contributed by atoms with Gasteiger partial charge in [0.1, 0.15) is 22.8 Å². The minimum absolute atomic E-state index is 0.172. The summed E-state index contributed by atoms with van der Waals surface area (Å²) >= 11 is 6.82. The maximum atomic E-state index is 14.7. The molecule has 5 aromatic rings. The average Bonchev–Trinajstić information content (AvgIpc) is 3.22. The van der Waals surface area contributed by atoms with E-state index < -0.39 is 0 Å². The maximum absolute atomic E-state index is 14.7. The zero-order valence-corrected chi connectivity index (χ0v) is 22.2. The van der Waals surface area contributed by atoms with Gasteiger partial charge in [0.05, 0.1) is 29.9 Å². The molecule has 4 heterocycles. The summed E-state index contributed by atoms with van der Waals surface area (Å²) in [7, 11) is 1.66. The van der Waals surface area contributed by atoms with Crippen LogP contribution in [0.5, 0.6) is 0 Å². The molecule has 1 saturated carbocycles. The lowest BCUT2D eigenvalue weighted by Crippen LogP contribution is -2.32. The molecule has 2 aromatic carbocycles. The molecule has 7 rings (SSSR count). The van der Waals surface area contributed by atoms with Crippen LogP contribution in [0.3, 0.4) is 0 Å². The Morgan fingerprint density at radius 1 is 1.23 bits per heavy atom. The van der Waals surface area contributed by atoms with Crippen molar-refractivity contribution in [3.63, 3.8) is 0 Å². The number of hydrogen-bond acceptors (Lipinski definition) is 7. The standard InChI is InChI=1S/C28H28ClFN8O/c1-39-11-10-38-13-17-22(36-38)7-6-16(24(17)29)25-26-27(35-34-25)33-23(12-32-26)37-9-8-18-20(14-37)28(18,15-31)19-4-2-3-5-21(19)30/h2-7,12-13,18,20H,8-11,14-15,31H2,1H3,(H,33,34,35)/t18-,20+,28-/m1/s1. The number of piperidine rings is 1. The molecular weight excluding hydrogens is 519 g/mol. The first-order valence-corrected chi connectivity index (χ1v) is 13.5. The maximum Gasteiger partial charge on any atom is 0.177 e. The smallest absolute Gasteiger partial charge is 0.177 e. The van der Waals surface area contributed by atoms with Crippen molar-refractivity contribution in [3.05, 3.63) is 65.2 Å². The molecule has 2 aliphatic rings. The summed E-state index contributed by atoms with van der Waals surface area (Å²) in [6.07, 6.45) is 4.63. The van der Waals surface area contributed by atoms with Crippen LogP contribution < -0.4 is 10.6 Å². The topological polar surface area (TPSA) is 111 Å². The third-order valence-corrected chi connectivity index (χ3v) is 8.98. The van der Waals surface area contributed by atoms with Crippen LogP contribution >= 0.6 is 11.6 Å². The van der Waals surface area contributed by atoms with E-state index in [0.717, 1.165) is 47.4 Å². The Bertz CT molecular complexity index is 1700.